The summed E-state index contributed by atoms with van der Waals surface area (Å²) in [6.07, 6.45) is -20.2. The van der Waals surface area contributed by atoms with E-state index in [9.17, 15) is 55.2 Å². The molecule has 4 saturated heterocycles. The van der Waals surface area contributed by atoms with Crippen LogP contribution in [0.3, 0.4) is 0 Å². The number of nitrogens with one attached hydrogen (secondary N) is 1. The third kappa shape index (κ3) is 12.2. The number of aliphatic hydroxyl groups is 8. The van der Waals surface area contributed by atoms with Gasteiger partial charge in [0.15, 0.2) is 18.9 Å². The lowest BCUT2D eigenvalue weighted by Crippen LogP contribution is -2.67. The highest BCUT2D eigenvalue weighted by atomic mass is 16.7. The fraction of sp³-hybridized carbons (Fsp3) is 0.766. The number of amides is 2. The molecule has 0 radical (unpaired) electrons. The Balaban J connectivity index is 1.13. The van der Waals surface area contributed by atoms with Gasteiger partial charge in [-0.05, 0) is 56.6 Å². The maximum absolute atomic E-state index is 13.6. The van der Waals surface area contributed by atoms with Crippen LogP contribution in [-0.4, -0.2) is 201 Å². The van der Waals surface area contributed by atoms with Crippen LogP contribution in [0.5, 0.6) is 0 Å². The monoisotopic (exact) mass is 982 g/mol. The van der Waals surface area contributed by atoms with E-state index in [0.29, 0.717) is 49.7 Å². The van der Waals surface area contributed by atoms with E-state index in [1.165, 1.54) is 13.8 Å². The highest BCUT2D eigenvalue weighted by molar-refractivity contribution is 5.81. The molecule has 0 bridgehead atoms. The predicted molar refractivity (Wildman–Crippen MR) is 238 cm³/mol. The van der Waals surface area contributed by atoms with E-state index in [1.54, 1.807) is 35.2 Å². The molecule has 12 unspecified atom stereocenters. The highest BCUT2D eigenvalue weighted by Gasteiger charge is 2.53. The lowest BCUT2D eigenvalue weighted by atomic mass is 9.76. The van der Waals surface area contributed by atoms with Crippen LogP contribution in [0.1, 0.15) is 71.8 Å². The summed E-state index contributed by atoms with van der Waals surface area (Å²) in [7, 11) is 0. The number of benzene rings is 1. The molecular weight excluding hydrogens is 913 g/mol. The number of hydrogen-bond donors (Lipinski definition) is 9. The number of nitrogens with zero attached hydrogens (tertiary/aromatic N) is 1. The van der Waals surface area contributed by atoms with Gasteiger partial charge in [-0.15, -0.1) is 0 Å². The summed E-state index contributed by atoms with van der Waals surface area (Å²) in [6, 6.07) is 7.22. The molecule has 5 heterocycles. The third-order valence-corrected chi connectivity index (χ3v) is 14.0. The molecule has 9 N–H and O–H groups in total. The molecule has 5 fully saturated rings. The third-order valence-electron chi connectivity index (χ3n) is 14.0. The number of rotatable bonds is 19. The maximum Gasteiger partial charge on any atom is 0.341 e. The van der Waals surface area contributed by atoms with Gasteiger partial charge in [0.1, 0.15) is 78.8 Å². The smallest absolute Gasteiger partial charge is 0.341 e. The summed E-state index contributed by atoms with van der Waals surface area (Å²) >= 11 is 0. The Morgan fingerprint density at radius 1 is 0.812 bits per heavy atom. The fourth-order valence-corrected chi connectivity index (χ4v) is 9.93. The normalized spacial score (nSPS) is 38.9. The van der Waals surface area contributed by atoms with Crippen molar-refractivity contribution >= 4 is 22.8 Å². The minimum absolute atomic E-state index is 0.105. The van der Waals surface area contributed by atoms with Crippen molar-refractivity contribution in [3.05, 3.63) is 46.3 Å². The second-order valence-corrected chi connectivity index (χ2v) is 18.9. The summed E-state index contributed by atoms with van der Waals surface area (Å²) < 4.78 is 55.2. The lowest BCUT2D eigenvalue weighted by Gasteiger charge is -2.49. The quantitative estimate of drug-likeness (QED) is 0.0727. The van der Waals surface area contributed by atoms with Crippen LogP contribution in [0.25, 0.3) is 11.0 Å². The van der Waals surface area contributed by atoms with Crippen LogP contribution in [0, 0.1) is 11.8 Å². The van der Waals surface area contributed by atoms with Crippen molar-refractivity contribution in [2.45, 2.75) is 183 Å². The number of aliphatic hydroxyl groups excluding tert-OH is 8. The SMILES string of the molecule is CCC[C@H](OC1C(NC(C)=O)[C@H](O[C@@H]2CC(CO[C@H]3OC(CO)[C@@H](O)C(OCc4cc5ccccc5oc4=O)C3O)CC(CC)C2O[C@@H]2OC(C)[C@@H](O)C(O)C2O)OC(CO)[C@@H]1O)C(=O)N1CCC1. The topological polar surface area (TPSA) is 315 Å². The van der Waals surface area contributed by atoms with Crippen LogP contribution in [0.4, 0.5) is 0 Å². The van der Waals surface area contributed by atoms with Crippen LogP contribution in [0.15, 0.2) is 39.5 Å². The first-order valence-corrected chi connectivity index (χ1v) is 24.1. The molecule has 2 aromatic rings. The number of para-hydroxylation sites is 1. The van der Waals surface area contributed by atoms with E-state index in [1.807, 2.05) is 13.8 Å². The van der Waals surface area contributed by atoms with Gasteiger partial charge in [0.2, 0.25) is 5.91 Å². The lowest BCUT2D eigenvalue weighted by molar-refractivity contribution is -0.341. The van der Waals surface area contributed by atoms with Gasteiger partial charge in [-0.1, -0.05) is 44.9 Å². The van der Waals surface area contributed by atoms with Crippen molar-refractivity contribution < 1.29 is 92.8 Å². The Hall–Kier alpha value is -3.27. The number of fused-ring (bicyclic) bond motifs is 1. The van der Waals surface area contributed by atoms with Gasteiger partial charge < -0.3 is 93.4 Å². The number of likely N-dealkylation sites (tertiary alicyclic amines) is 1. The molecule has 20 atom stereocenters. The van der Waals surface area contributed by atoms with Gasteiger partial charge in [0, 0.05) is 25.4 Å². The molecule has 22 nitrogen and oxygen atoms in total. The van der Waals surface area contributed by atoms with Gasteiger partial charge in [0.05, 0.1) is 50.3 Å². The standard InChI is InChI=1S/C47H70N2O20/c1-5-10-29(43(59)49-13-9-14-49)64-41-33(48-23(4)52)45(67-31(18-50)35(41)54)66-30-16-24(15-25(6-2)40(30)69-47-38(57)37(56)34(53)22(3)63-47)20-62-46-39(58)42(36(55)32(19-51)68-46)61-21-27-17-26-11-7-8-12-28(26)65-44(27)60/h7-8,11-12,17,22,24-25,29-42,45-47,50-51,53-58H,5-6,9-10,13-16,18-21H2,1-4H3,(H,48,52)/t22?,24?,25?,29-,30+,31?,32?,33?,34+,35-,36+,37?,38?,39?,40?,41?,42?,45+,46-,47-/m0/s1. The molecule has 5 aliphatic rings. The zero-order chi connectivity index (χ0) is 49.7. The molecule has 7 rings (SSSR count). The van der Waals surface area contributed by atoms with E-state index >= 15 is 0 Å². The molecule has 4 aliphatic heterocycles. The first kappa shape index (κ1) is 53.5. The first-order valence-electron chi connectivity index (χ1n) is 24.1. The summed E-state index contributed by atoms with van der Waals surface area (Å²) in [5, 5.41) is 90.6. The molecular formula is C47H70N2O20. The first-order chi connectivity index (χ1) is 33.1. The summed E-state index contributed by atoms with van der Waals surface area (Å²) in [6.45, 7) is 5.81. The van der Waals surface area contributed by atoms with Gasteiger partial charge in [-0.25, -0.2) is 4.79 Å². The average molecular weight is 983 g/mol. The van der Waals surface area contributed by atoms with Crippen molar-refractivity contribution in [1.29, 1.82) is 0 Å². The largest absolute Gasteiger partial charge is 0.422 e. The predicted octanol–water partition coefficient (Wildman–Crippen LogP) is -1.46. The Morgan fingerprint density at radius 2 is 1.51 bits per heavy atom. The minimum Gasteiger partial charge on any atom is -0.422 e. The Morgan fingerprint density at radius 3 is 2.16 bits per heavy atom. The van der Waals surface area contributed by atoms with Crippen molar-refractivity contribution in [2.75, 3.05) is 32.9 Å². The van der Waals surface area contributed by atoms with Crippen molar-refractivity contribution in [2.24, 2.45) is 11.8 Å². The molecule has 22 heteroatoms. The summed E-state index contributed by atoms with van der Waals surface area (Å²) in [5.41, 5.74) is -0.174. The second-order valence-electron chi connectivity index (χ2n) is 18.9. The molecule has 1 aromatic heterocycles. The Kier molecular flexibility index (Phi) is 18.6. The van der Waals surface area contributed by atoms with Crippen LogP contribution >= 0.6 is 0 Å². The Labute approximate surface area is 399 Å². The minimum atomic E-state index is -1.68. The van der Waals surface area contributed by atoms with E-state index in [0.717, 1.165) is 6.42 Å². The van der Waals surface area contributed by atoms with Gasteiger partial charge >= 0.3 is 5.63 Å². The average Bonchev–Trinajstić information content (AvgIpc) is 3.31. The molecule has 2 amide bonds. The number of carbonyl (C=O) groups excluding carboxylic acids is 2. The van der Waals surface area contributed by atoms with Crippen molar-refractivity contribution in [3.63, 3.8) is 0 Å². The highest BCUT2D eigenvalue weighted by Crippen LogP contribution is 2.40. The molecule has 1 aliphatic carbocycles. The molecule has 1 aromatic carbocycles. The summed E-state index contributed by atoms with van der Waals surface area (Å²) in [4.78, 5) is 40.9. The molecule has 0 spiro atoms. The Bertz CT molecular complexity index is 2040. The van der Waals surface area contributed by atoms with E-state index in [4.69, 9.17) is 42.3 Å². The second kappa shape index (κ2) is 24.0. The fourth-order valence-electron chi connectivity index (χ4n) is 9.93. The number of ether oxygens (including phenoxy) is 8. The van der Waals surface area contributed by atoms with E-state index in [2.05, 4.69) is 5.32 Å². The van der Waals surface area contributed by atoms with Crippen LogP contribution in [0.2, 0.25) is 0 Å². The van der Waals surface area contributed by atoms with Gasteiger partial charge in [-0.2, -0.15) is 0 Å². The van der Waals surface area contributed by atoms with Gasteiger partial charge in [0.25, 0.3) is 5.91 Å². The van der Waals surface area contributed by atoms with Crippen molar-refractivity contribution in [3.8, 4) is 0 Å². The molecule has 1 saturated carbocycles. The number of carbonyl (C=O) groups is 2. The maximum atomic E-state index is 13.6. The van der Waals surface area contributed by atoms with Crippen LogP contribution < -0.4 is 10.9 Å². The zero-order valence-electron chi connectivity index (χ0n) is 39.3. The molecule has 69 heavy (non-hydrogen) atoms. The zero-order valence-corrected chi connectivity index (χ0v) is 39.3. The van der Waals surface area contributed by atoms with Crippen molar-refractivity contribution in [1.82, 2.24) is 10.2 Å². The summed E-state index contributed by atoms with van der Waals surface area (Å²) in [5.74, 6) is -1.64. The van der Waals surface area contributed by atoms with Gasteiger partial charge in [-0.3, -0.25) is 9.59 Å². The molecule has 388 valence electrons. The van der Waals surface area contributed by atoms with E-state index < -0.39 is 147 Å². The number of hydrogen-bond acceptors (Lipinski definition) is 20. The van der Waals surface area contributed by atoms with E-state index in [-0.39, 0.29) is 31.1 Å². The van der Waals surface area contributed by atoms with Crippen LogP contribution in [-0.2, 0) is 54.1 Å².